The molecule has 5 nitrogen and oxygen atoms in total. The Labute approximate surface area is 103 Å². The van der Waals surface area contributed by atoms with Gasteiger partial charge in [0.1, 0.15) is 4.88 Å². The number of nitrogen functional groups attached to an aromatic ring is 1. The van der Waals surface area contributed by atoms with Gasteiger partial charge in [0.15, 0.2) is 0 Å². The summed E-state index contributed by atoms with van der Waals surface area (Å²) >= 11 is 1.35. The third-order valence-electron chi connectivity index (χ3n) is 2.30. The summed E-state index contributed by atoms with van der Waals surface area (Å²) < 4.78 is 1.78. The van der Waals surface area contributed by atoms with Crippen molar-refractivity contribution in [3.8, 4) is 0 Å². The van der Waals surface area contributed by atoms with Crippen molar-refractivity contribution in [2.24, 2.45) is 0 Å². The van der Waals surface area contributed by atoms with Gasteiger partial charge in [-0.2, -0.15) is 5.10 Å². The molecule has 6 heteroatoms. The molecule has 0 aliphatic heterocycles. The van der Waals surface area contributed by atoms with Gasteiger partial charge in [-0.05, 0) is 24.4 Å². The van der Waals surface area contributed by atoms with Crippen LogP contribution >= 0.6 is 11.3 Å². The maximum Gasteiger partial charge on any atom is 0.263 e. The number of hydrogen-bond donors (Lipinski definition) is 2. The zero-order valence-corrected chi connectivity index (χ0v) is 10.3. The van der Waals surface area contributed by atoms with Crippen LogP contribution in [0.5, 0.6) is 0 Å². The van der Waals surface area contributed by atoms with Gasteiger partial charge in [-0.25, -0.2) is 0 Å². The molecule has 1 amide bonds. The van der Waals surface area contributed by atoms with Crippen LogP contribution < -0.4 is 11.1 Å². The lowest BCUT2D eigenvalue weighted by Crippen LogP contribution is -2.35. The molecule has 0 saturated heterocycles. The van der Waals surface area contributed by atoms with Crippen molar-refractivity contribution in [2.75, 3.05) is 5.73 Å². The van der Waals surface area contributed by atoms with Gasteiger partial charge in [-0.3, -0.25) is 9.48 Å². The highest BCUT2D eigenvalue weighted by Crippen LogP contribution is 2.18. The highest BCUT2D eigenvalue weighted by molar-refractivity contribution is 7.12. The van der Waals surface area contributed by atoms with E-state index in [2.05, 4.69) is 10.4 Å². The van der Waals surface area contributed by atoms with Crippen LogP contribution in [0.1, 0.15) is 16.6 Å². The summed E-state index contributed by atoms with van der Waals surface area (Å²) in [5.74, 6) is -0.128. The fraction of sp³-hybridized carbons (Fsp3) is 0.273. The molecule has 17 heavy (non-hydrogen) atoms. The number of carbonyl (C=O) groups excluding carboxylic acids is 1. The Balaban J connectivity index is 1.93. The van der Waals surface area contributed by atoms with Crippen molar-refractivity contribution < 1.29 is 4.79 Å². The average Bonchev–Trinajstić information content (AvgIpc) is 2.88. The monoisotopic (exact) mass is 250 g/mol. The van der Waals surface area contributed by atoms with Gasteiger partial charge in [0.05, 0.1) is 12.2 Å². The summed E-state index contributed by atoms with van der Waals surface area (Å²) in [6, 6.07) is 3.59. The van der Waals surface area contributed by atoms with Crippen molar-refractivity contribution in [3.05, 3.63) is 34.8 Å². The van der Waals surface area contributed by atoms with Crippen molar-refractivity contribution in [1.29, 1.82) is 0 Å². The first kappa shape index (κ1) is 11.7. The van der Waals surface area contributed by atoms with Gasteiger partial charge < -0.3 is 11.1 Å². The van der Waals surface area contributed by atoms with E-state index in [9.17, 15) is 4.79 Å². The van der Waals surface area contributed by atoms with Crippen LogP contribution in [-0.4, -0.2) is 21.7 Å². The summed E-state index contributed by atoms with van der Waals surface area (Å²) in [6.07, 6.45) is 3.58. The van der Waals surface area contributed by atoms with Gasteiger partial charge in [-0.15, -0.1) is 11.3 Å². The molecule has 0 aromatic carbocycles. The predicted molar refractivity (Wildman–Crippen MR) is 67.9 cm³/mol. The van der Waals surface area contributed by atoms with Crippen molar-refractivity contribution in [2.45, 2.75) is 19.5 Å². The number of nitrogens with two attached hydrogens (primary N) is 1. The number of hydrogen-bond acceptors (Lipinski definition) is 4. The lowest BCUT2D eigenvalue weighted by atomic mass is 10.3. The maximum absolute atomic E-state index is 11.9. The molecule has 0 radical (unpaired) electrons. The summed E-state index contributed by atoms with van der Waals surface area (Å²) in [6.45, 7) is 2.58. The largest absolute Gasteiger partial charge is 0.397 e. The minimum absolute atomic E-state index is 0.00361. The number of aromatic nitrogens is 2. The van der Waals surface area contributed by atoms with Crippen LogP contribution in [-0.2, 0) is 6.54 Å². The first-order valence-corrected chi connectivity index (χ1v) is 6.16. The van der Waals surface area contributed by atoms with E-state index in [0.29, 0.717) is 17.1 Å². The second kappa shape index (κ2) is 5.01. The summed E-state index contributed by atoms with van der Waals surface area (Å²) in [7, 11) is 0. The van der Waals surface area contributed by atoms with E-state index in [4.69, 9.17) is 5.73 Å². The van der Waals surface area contributed by atoms with Gasteiger partial charge in [-0.1, -0.05) is 0 Å². The zero-order chi connectivity index (χ0) is 12.3. The van der Waals surface area contributed by atoms with Crippen LogP contribution in [0.15, 0.2) is 29.9 Å². The lowest BCUT2D eigenvalue weighted by Gasteiger charge is -2.13. The van der Waals surface area contributed by atoms with Crippen molar-refractivity contribution in [3.63, 3.8) is 0 Å². The van der Waals surface area contributed by atoms with Crippen molar-refractivity contribution in [1.82, 2.24) is 15.1 Å². The fourth-order valence-corrected chi connectivity index (χ4v) is 2.25. The Morgan fingerprint density at radius 1 is 1.71 bits per heavy atom. The Morgan fingerprint density at radius 2 is 2.53 bits per heavy atom. The quantitative estimate of drug-likeness (QED) is 0.860. The van der Waals surface area contributed by atoms with E-state index in [1.54, 1.807) is 16.9 Å². The molecule has 2 aromatic heterocycles. The van der Waals surface area contributed by atoms with Crippen LogP contribution in [0.3, 0.4) is 0 Å². The topological polar surface area (TPSA) is 72.9 Å². The molecule has 0 saturated carbocycles. The molecular formula is C11H14N4OS. The molecule has 3 N–H and O–H groups in total. The van der Waals surface area contributed by atoms with Gasteiger partial charge in [0.2, 0.25) is 0 Å². The molecule has 0 aliphatic carbocycles. The van der Waals surface area contributed by atoms with E-state index in [1.807, 2.05) is 24.6 Å². The van der Waals surface area contributed by atoms with Crippen molar-refractivity contribution >= 4 is 22.9 Å². The number of nitrogens with one attached hydrogen (secondary N) is 1. The summed E-state index contributed by atoms with van der Waals surface area (Å²) in [5, 5.41) is 8.79. The summed E-state index contributed by atoms with van der Waals surface area (Å²) in [5.41, 5.74) is 6.21. The lowest BCUT2D eigenvalue weighted by molar-refractivity contribution is 0.0941. The number of rotatable bonds is 4. The molecule has 2 rings (SSSR count). The highest BCUT2D eigenvalue weighted by Gasteiger charge is 2.13. The molecule has 2 aromatic rings. The number of carbonyl (C=O) groups is 1. The molecule has 0 fully saturated rings. The highest BCUT2D eigenvalue weighted by atomic mass is 32.1. The number of anilines is 1. The van der Waals surface area contributed by atoms with E-state index in [-0.39, 0.29) is 11.9 Å². The molecule has 0 aliphatic rings. The molecule has 1 atom stereocenters. The van der Waals surface area contributed by atoms with Gasteiger partial charge >= 0.3 is 0 Å². The standard InChI is InChI=1S/C11H14N4OS/c1-8(7-15-5-2-4-13-15)14-11(16)10-9(12)3-6-17-10/h2-6,8H,7,12H2,1H3,(H,14,16). The second-order valence-corrected chi connectivity index (χ2v) is 4.72. The van der Waals surface area contributed by atoms with Gasteiger partial charge in [0, 0.05) is 18.4 Å². The molecule has 1 unspecified atom stereocenters. The van der Waals surface area contributed by atoms with E-state index in [0.717, 1.165) is 0 Å². The van der Waals surface area contributed by atoms with Crippen LogP contribution in [0, 0.1) is 0 Å². The van der Waals surface area contributed by atoms with Gasteiger partial charge in [0.25, 0.3) is 5.91 Å². The predicted octanol–water partition coefficient (Wildman–Crippen LogP) is 1.35. The minimum atomic E-state index is -0.128. The van der Waals surface area contributed by atoms with E-state index in [1.165, 1.54) is 11.3 Å². The zero-order valence-electron chi connectivity index (χ0n) is 9.46. The Kier molecular flexibility index (Phi) is 3.43. The first-order valence-electron chi connectivity index (χ1n) is 5.28. The van der Waals surface area contributed by atoms with E-state index >= 15 is 0 Å². The Hall–Kier alpha value is -1.82. The molecule has 0 bridgehead atoms. The smallest absolute Gasteiger partial charge is 0.263 e. The molecule has 0 spiro atoms. The SMILES string of the molecule is CC(Cn1cccn1)NC(=O)c1sccc1N. The third kappa shape index (κ3) is 2.85. The average molecular weight is 250 g/mol. The number of amides is 1. The Bertz CT molecular complexity index is 491. The van der Waals surface area contributed by atoms with Crippen LogP contribution in [0.2, 0.25) is 0 Å². The molecule has 90 valence electrons. The molecular weight excluding hydrogens is 236 g/mol. The molecule has 2 heterocycles. The van der Waals surface area contributed by atoms with Crippen LogP contribution in [0.4, 0.5) is 5.69 Å². The van der Waals surface area contributed by atoms with Crippen LogP contribution in [0.25, 0.3) is 0 Å². The second-order valence-electron chi connectivity index (χ2n) is 3.81. The minimum Gasteiger partial charge on any atom is -0.397 e. The maximum atomic E-state index is 11.9. The number of thiophene rings is 1. The third-order valence-corrected chi connectivity index (χ3v) is 3.23. The summed E-state index contributed by atoms with van der Waals surface area (Å²) in [4.78, 5) is 12.4. The van der Waals surface area contributed by atoms with E-state index < -0.39 is 0 Å². The normalized spacial score (nSPS) is 12.3. The first-order chi connectivity index (χ1) is 8.16. The Morgan fingerprint density at radius 3 is 3.12 bits per heavy atom. The fourth-order valence-electron chi connectivity index (χ4n) is 1.53. The number of nitrogens with zero attached hydrogens (tertiary/aromatic N) is 2.